The summed E-state index contributed by atoms with van der Waals surface area (Å²) in [5.74, 6) is -2.44. The Kier molecular flexibility index (Phi) is 7.09. The zero-order valence-corrected chi connectivity index (χ0v) is 21.5. The Morgan fingerprint density at radius 2 is 1.79 bits per heavy atom. The maximum atomic E-state index is 15.4. The van der Waals surface area contributed by atoms with Crippen LogP contribution in [-0.4, -0.2) is 65.6 Å². The number of carboxylic acid groups (broad SMARTS) is 1. The number of rotatable bonds is 9. The Balaban J connectivity index is 1.46. The third-order valence-electron chi connectivity index (χ3n) is 7.52. The summed E-state index contributed by atoms with van der Waals surface area (Å²) in [4.78, 5) is 53.2. The van der Waals surface area contributed by atoms with Gasteiger partial charge in [-0.05, 0) is 49.9 Å². The number of carbonyl (C=O) groups excluding carboxylic acids is 2. The van der Waals surface area contributed by atoms with E-state index in [1.165, 1.54) is 18.2 Å². The van der Waals surface area contributed by atoms with Gasteiger partial charge in [0.2, 0.25) is 5.43 Å². The normalized spacial score (nSPS) is 16.8. The van der Waals surface area contributed by atoms with E-state index >= 15 is 4.39 Å². The molecular weight excluding hydrogens is 507 g/mol. The van der Waals surface area contributed by atoms with Gasteiger partial charge in [0.15, 0.2) is 11.6 Å². The number of aromatic nitrogens is 1. The number of aryl methyl sites for hydroxylation is 1. The van der Waals surface area contributed by atoms with E-state index in [0.717, 1.165) is 12.5 Å². The quantitative estimate of drug-likeness (QED) is 0.315. The summed E-state index contributed by atoms with van der Waals surface area (Å²) in [5.41, 5.74) is 5.78. The van der Waals surface area contributed by atoms with Crippen LogP contribution in [0, 0.1) is 11.7 Å². The summed E-state index contributed by atoms with van der Waals surface area (Å²) in [7, 11) is 1.39. The van der Waals surface area contributed by atoms with Crippen molar-refractivity contribution in [1.29, 1.82) is 0 Å². The number of nitrogens with zero attached hydrogens (tertiary/aromatic N) is 3. The number of halogens is 1. The number of nitrogens with two attached hydrogens (primary N) is 1. The maximum Gasteiger partial charge on any atom is 0.341 e. The van der Waals surface area contributed by atoms with Crippen LogP contribution in [0.5, 0.6) is 5.75 Å². The second-order valence-electron chi connectivity index (χ2n) is 9.86. The average Bonchev–Trinajstić information content (AvgIpc) is 3.50. The summed E-state index contributed by atoms with van der Waals surface area (Å²) in [6.45, 7) is 1.99. The van der Waals surface area contributed by atoms with E-state index in [0.29, 0.717) is 49.1 Å². The molecule has 0 spiro atoms. The summed E-state index contributed by atoms with van der Waals surface area (Å²) >= 11 is 0. The number of unbranched alkanes of at least 4 members (excludes halogenated alkanes) is 1. The molecule has 1 atom stereocenters. The van der Waals surface area contributed by atoms with Crippen molar-refractivity contribution < 1.29 is 28.6 Å². The van der Waals surface area contributed by atoms with Crippen molar-refractivity contribution in [3.8, 4) is 5.75 Å². The third kappa shape index (κ3) is 4.52. The molecule has 11 heteroatoms. The first-order chi connectivity index (χ1) is 18.8. The molecule has 1 fully saturated rings. The van der Waals surface area contributed by atoms with E-state index in [2.05, 4.69) is 0 Å². The highest BCUT2D eigenvalue weighted by Gasteiger charge is 2.34. The number of anilines is 1. The Labute approximate surface area is 223 Å². The molecule has 2 amide bonds. The molecule has 2 aromatic carbocycles. The van der Waals surface area contributed by atoms with Gasteiger partial charge in [-0.2, -0.15) is 0 Å². The molecule has 39 heavy (non-hydrogen) atoms. The highest BCUT2D eigenvalue weighted by Crippen LogP contribution is 2.40. The van der Waals surface area contributed by atoms with Gasteiger partial charge in [-0.15, -0.1) is 0 Å². The number of aromatic carboxylic acids is 1. The van der Waals surface area contributed by atoms with Crippen molar-refractivity contribution in [3.63, 3.8) is 0 Å². The molecule has 3 heterocycles. The van der Waals surface area contributed by atoms with Gasteiger partial charge in [0, 0.05) is 32.4 Å². The number of ether oxygens (including phenoxy) is 1. The van der Waals surface area contributed by atoms with Crippen LogP contribution in [0.1, 0.15) is 50.3 Å². The monoisotopic (exact) mass is 536 g/mol. The number of hydrogen-bond donors (Lipinski definition) is 2. The molecule has 0 saturated carbocycles. The molecule has 5 rings (SSSR count). The number of benzene rings is 2. The fraction of sp³-hybridized carbons (Fsp3) is 0.357. The van der Waals surface area contributed by atoms with Crippen LogP contribution in [0.2, 0.25) is 0 Å². The smallest absolute Gasteiger partial charge is 0.341 e. The second kappa shape index (κ2) is 10.5. The highest BCUT2D eigenvalue weighted by molar-refractivity contribution is 6.21. The van der Waals surface area contributed by atoms with Crippen molar-refractivity contribution in [3.05, 3.63) is 69.3 Å². The first-order valence-electron chi connectivity index (χ1n) is 12.8. The number of methoxy groups -OCH3 is 1. The molecule has 204 valence electrons. The minimum absolute atomic E-state index is 0.0945. The van der Waals surface area contributed by atoms with E-state index in [1.807, 2.05) is 4.90 Å². The van der Waals surface area contributed by atoms with Gasteiger partial charge in [0.25, 0.3) is 11.8 Å². The van der Waals surface area contributed by atoms with Crippen LogP contribution in [-0.2, 0) is 6.54 Å². The lowest BCUT2D eigenvalue weighted by Crippen LogP contribution is -2.30. The number of carboxylic acids is 1. The Morgan fingerprint density at radius 1 is 1.13 bits per heavy atom. The molecule has 2 aliphatic rings. The van der Waals surface area contributed by atoms with Gasteiger partial charge < -0.3 is 25.0 Å². The largest absolute Gasteiger partial charge is 0.492 e. The summed E-state index contributed by atoms with van der Waals surface area (Å²) < 4.78 is 22.7. The summed E-state index contributed by atoms with van der Waals surface area (Å²) in [5, 5.41) is 9.55. The Bertz CT molecular complexity index is 1520. The molecule has 0 aliphatic carbocycles. The fourth-order valence-electron chi connectivity index (χ4n) is 5.53. The predicted molar refractivity (Wildman–Crippen MR) is 142 cm³/mol. The minimum Gasteiger partial charge on any atom is -0.492 e. The van der Waals surface area contributed by atoms with Crippen molar-refractivity contribution in [2.45, 2.75) is 25.8 Å². The molecular formula is C28H29FN4O6. The lowest BCUT2D eigenvalue weighted by atomic mass is 10.1. The topological polar surface area (TPSA) is 135 Å². The van der Waals surface area contributed by atoms with Gasteiger partial charge in [-0.1, -0.05) is 12.1 Å². The maximum absolute atomic E-state index is 15.4. The van der Waals surface area contributed by atoms with Gasteiger partial charge in [0.05, 0.1) is 29.1 Å². The van der Waals surface area contributed by atoms with Gasteiger partial charge >= 0.3 is 5.97 Å². The van der Waals surface area contributed by atoms with E-state index in [1.54, 1.807) is 28.8 Å². The zero-order valence-electron chi connectivity index (χ0n) is 21.5. The number of imide groups is 1. The average molecular weight is 537 g/mol. The molecule has 3 N–H and O–H groups in total. The molecule has 1 aromatic heterocycles. The van der Waals surface area contributed by atoms with Crippen LogP contribution < -0.4 is 20.8 Å². The fourth-order valence-corrected chi connectivity index (χ4v) is 5.53. The first kappa shape index (κ1) is 26.4. The van der Waals surface area contributed by atoms with E-state index in [4.69, 9.17) is 10.5 Å². The molecule has 0 unspecified atom stereocenters. The number of amides is 2. The third-order valence-corrected chi connectivity index (χ3v) is 7.52. The SMILES string of the molecule is COc1c(N2CC[C@@H](CN)C2)c(F)cc2c(=O)c(C(=O)O)cn(CCCCN3C(=O)c4ccccc4C3=O)c12. The first-order valence-corrected chi connectivity index (χ1v) is 12.8. The number of pyridine rings is 1. The van der Waals surface area contributed by atoms with E-state index in [-0.39, 0.29) is 47.6 Å². The molecule has 2 aliphatic heterocycles. The molecule has 3 aromatic rings. The second-order valence-corrected chi connectivity index (χ2v) is 9.86. The van der Waals surface area contributed by atoms with Crippen molar-refractivity contribution in [2.24, 2.45) is 11.7 Å². The lowest BCUT2D eigenvalue weighted by Gasteiger charge is -2.25. The van der Waals surface area contributed by atoms with Crippen LogP contribution in [0.25, 0.3) is 10.9 Å². The van der Waals surface area contributed by atoms with E-state index < -0.39 is 22.8 Å². The molecule has 10 nitrogen and oxygen atoms in total. The number of hydrogen-bond acceptors (Lipinski definition) is 7. The number of fused-ring (bicyclic) bond motifs is 2. The summed E-state index contributed by atoms with van der Waals surface area (Å²) in [6, 6.07) is 7.73. The van der Waals surface area contributed by atoms with Crippen LogP contribution in [0.4, 0.5) is 10.1 Å². The van der Waals surface area contributed by atoms with Crippen LogP contribution in [0.15, 0.2) is 41.3 Å². The molecule has 0 bridgehead atoms. The zero-order chi connectivity index (χ0) is 27.8. The van der Waals surface area contributed by atoms with Crippen LogP contribution >= 0.6 is 0 Å². The van der Waals surface area contributed by atoms with Crippen molar-refractivity contribution >= 4 is 34.4 Å². The molecule has 0 radical (unpaired) electrons. The van der Waals surface area contributed by atoms with Crippen molar-refractivity contribution in [1.82, 2.24) is 9.47 Å². The van der Waals surface area contributed by atoms with E-state index in [9.17, 15) is 24.3 Å². The standard InChI is InChI=1S/C28H29FN4O6/c1-39-25-22-19(12-21(29)23(25)32-11-8-16(13-30)14-32)24(34)20(28(37)38)15-31(22)9-4-5-10-33-26(35)17-6-2-3-7-18(17)27(33)36/h2-3,6-7,12,15-16H,4-5,8-11,13-14,30H2,1H3,(H,37,38)/t16-/m0/s1. The minimum atomic E-state index is -1.42. The Morgan fingerprint density at radius 3 is 2.38 bits per heavy atom. The van der Waals surface area contributed by atoms with Gasteiger partial charge in [-0.3, -0.25) is 19.3 Å². The highest BCUT2D eigenvalue weighted by atomic mass is 19.1. The lowest BCUT2D eigenvalue weighted by molar-refractivity contribution is 0.0647. The Hall–Kier alpha value is -4.25. The predicted octanol–water partition coefficient (Wildman–Crippen LogP) is 2.71. The summed E-state index contributed by atoms with van der Waals surface area (Å²) in [6.07, 6.45) is 2.91. The van der Waals surface area contributed by atoms with Gasteiger partial charge in [-0.25, -0.2) is 9.18 Å². The number of carbonyl (C=O) groups is 3. The van der Waals surface area contributed by atoms with Gasteiger partial charge in [0.1, 0.15) is 11.3 Å². The molecule has 1 saturated heterocycles. The van der Waals surface area contributed by atoms with Crippen molar-refractivity contribution in [2.75, 3.05) is 38.2 Å². The van der Waals surface area contributed by atoms with Crippen LogP contribution in [0.3, 0.4) is 0 Å².